The lowest BCUT2D eigenvalue weighted by Gasteiger charge is -2.18. The van der Waals surface area contributed by atoms with E-state index in [-0.39, 0.29) is 0 Å². The zero-order valence-corrected chi connectivity index (χ0v) is 5.70. The van der Waals surface area contributed by atoms with Crippen LogP contribution in [-0.2, 0) is 12.8 Å². The second-order valence-electron chi connectivity index (χ2n) is 2.28. The fourth-order valence-electron chi connectivity index (χ4n) is 1.11. The first-order chi connectivity index (χ1) is 4.38. The normalized spacial score (nSPS) is 14.3. The van der Waals surface area contributed by atoms with Crippen LogP contribution in [0, 0.1) is 6.07 Å². The van der Waals surface area contributed by atoms with Gasteiger partial charge in [-0.25, -0.2) is 0 Å². The summed E-state index contributed by atoms with van der Waals surface area (Å²) in [4.78, 5) is 0. The molecular formula is C8H6Cl. The second kappa shape index (κ2) is 1.74. The van der Waals surface area contributed by atoms with Crippen molar-refractivity contribution in [2.75, 3.05) is 0 Å². The van der Waals surface area contributed by atoms with E-state index in [0.717, 1.165) is 17.9 Å². The molecule has 0 spiro atoms. The Kier molecular flexibility index (Phi) is 1.03. The van der Waals surface area contributed by atoms with Crippen molar-refractivity contribution in [1.29, 1.82) is 0 Å². The van der Waals surface area contributed by atoms with Crippen LogP contribution >= 0.6 is 11.6 Å². The molecule has 0 heterocycles. The van der Waals surface area contributed by atoms with Crippen molar-refractivity contribution in [3.63, 3.8) is 0 Å². The van der Waals surface area contributed by atoms with E-state index < -0.39 is 0 Å². The fourth-order valence-corrected chi connectivity index (χ4v) is 1.39. The standard InChI is InChI=1S/C8H6Cl/c9-8-3-1-2-6-4-5-7(6)8/h1,3H,4-5H2. The molecule has 0 aliphatic heterocycles. The summed E-state index contributed by atoms with van der Waals surface area (Å²) in [6.07, 6.45) is 2.31. The highest BCUT2D eigenvalue weighted by Crippen LogP contribution is 2.28. The summed E-state index contributed by atoms with van der Waals surface area (Å²) in [6, 6.07) is 6.93. The maximum absolute atomic E-state index is 5.85. The lowest BCUT2D eigenvalue weighted by molar-refractivity contribution is 0.837. The van der Waals surface area contributed by atoms with E-state index in [2.05, 4.69) is 6.07 Å². The smallest absolute Gasteiger partial charge is 0.0441 e. The van der Waals surface area contributed by atoms with Crippen LogP contribution in [0.1, 0.15) is 11.1 Å². The molecule has 1 aliphatic rings. The Morgan fingerprint density at radius 2 is 2.33 bits per heavy atom. The Bertz CT molecular complexity index is 226. The zero-order chi connectivity index (χ0) is 6.27. The van der Waals surface area contributed by atoms with E-state index in [1.54, 1.807) is 0 Å². The minimum absolute atomic E-state index is 0.912. The van der Waals surface area contributed by atoms with E-state index >= 15 is 0 Å². The number of rotatable bonds is 0. The second-order valence-corrected chi connectivity index (χ2v) is 2.69. The van der Waals surface area contributed by atoms with Gasteiger partial charge in [0, 0.05) is 5.02 Å². The third-order valence-electron chi connectivity index (χ3n) is 1.76. The molecule has 0 bridgehead atoms. The molecule has 0 nitrogen and oxygen atoms in total. The summed E-state index contributed by atoms with van der Waals surface area (Å²) in [6.45, 7) is 0. The molecular weight excluding hydrogens is 132 g/mol. The van der Waals surface area contributed by atoms with Crippen LogP contribution < -0.4 is 0 Å². The molecule has 9 heavy (non-hydrogen) atoms. The molecule has 0 aromatic heterocycles. The van der Waals surface area contributed by atoms with Crippen molar-refractivity contribution in [3.8, 4) is 0 Å². The summed E-state index contributed by atoms with van der Waals surface area (Å²) in [7, 11) is 0. The third-order valence-corrected chi connectivity index (χ3v) is 2.12. The average Bonchev–Trinajstić information content (AvgIpc) is 1.74. The van der Waals surface area contributed by atoms with Gasteiger partial charge in [0.25, 0.3) is 0 Å². The van der Waals surface area contributed by atoms with Crippen LogP contribution in [-0.4, -0.2) is 0 Å². The molecule has 0 amide bonds. The largest absolute Gasteiger partial charge is 0.0840 e. The predicted molar refractivity (Wildman–Crippen MR) is 37.7 cm³/mol. The van der Waals surface area contributed by atoms with Gasteiger partial charge in [-0.15, -0.1) is 0 Å². The highest BCUT2D eigenvalue weighted by atomic mass is 35.5. The van der Waals surface area contributed by atoms with Gasteiger partial charge in [0.1, 0.15) is 0 Å². The van der Waals surface area contributed by atoms with E-state index in [0.29, 0.717) is 0 Å². The molecule has 0 fully saturated rings. The summed E-state index contributed by atoms with van der Waals surface area (Å²) in [5.41, 5.74) is 2.61. The summed E-state index contributed by atoms with van der Waals surface area (Å²) in [5.74, 6) is 0. The molecule has 45 valence electrons. The molecule has 0 N–H and O–H groups in total. The van der Waals surface area contributed by atoms with Crippen LogP contribution in [0.3, 0.4) is 0 Å². The number of fused-ring (bicyclic) bond motifs is 1. The van der Waals surface area contributed by atoms with Crippen molar-refractivity contribution < 1.29 is 0 Å². The number of hydrogen-bond acceptors (Lipinski definition) is 0. The van der Waals surface area contributed by atoms with Crippen LogP contribution in [0.2, 0.25) is 5.02 Å². The molecule has 1 heteroatoms. The molecule has 1 aromatic rings. The van der Waals surface area contributed by atoms with Gasteiger partial charge in [-0.2, -0.15) is 0 Å². The molecule has 2 rings (SSSR count). The topological polar surface area (TPSA) is 0 Å². The summed E-state index contributed by atoms with van der Waals surface area (Å²) in [5, 5.41) is 0.912. The summed E-state index contributed by atoms with van der Waals surface area (Å²) < 4.78 is 0. The first kappa shape index (κ1) is 5.31. The van der Waals surface area contributed by atoms with Gasteiger partial charge in [0.2, 0.25) is 0 Å². The Morgan fingerprint density at radius 1 is 1.44 bits per heavy atom. The molecule has 1 aliphatic carbocycles. The summed E-state index contributed by atoms with van der Waals surface area (Å²) >= 11 is 5.85. The lowest BCUT2D eigenvalue weighted by atomic mass is 9.89. The minimum atomic E-state index is 0.912. The van der Waals surface area contributed by atoms with Gasteiger partial charge in [0.15, 0.2) is 0 Å². The Labute approximate surface area is 59.5 Å². The maximum Gasteiger partial charge on any atom is 0.0441 e. The van der Waals surface area contributed by atoms with E-state index in [9.17, 15) is 0 Å². The van der Waals surface area contributed by atoms with Crippen molar-refractivity contribution in [2.45, 2.75) is 12.8 Å². The Hall–Kier alpha value is -0.490. The van der Waals surface area contributed by atoms with Crippen LogP contribution in [0.25, 0.3) is 0 Å². The van der Waals surface area contributed by atoms with Gasteiger partial charge in [-0.3, -0.25) is 0 Å². The van der Waals surface area contributed by atoms with Gasteiger partial charge in [-0.1, -0.05) is 17.7 Å². The van der Waals surface area contributed by atoms with E-state index in [1.165, 1.54) is 11.1 Å². The van der Waals surface area contributed by atoms with Gasteiger partial charge >= 0.3 is 0 Å². The maximum atomic E-state index is 5.85. The predicted octanol–water partition coefficient (Wildman–Crippen LogP) is 2.24. The Balaban J connectivity index is 2.64. The van der Waals surface area contributed by atoms with Crippen molar-refractivity contribution in [3.05, 3.63) is 34.3 Å². The first-order valence-electron chi connectivity index (χ1n) is 3.06. The SMILES string of the molecule is Clc1cc[c]c2c1CC2. The quantitative estimate of drug-likeness (QED) is 0.515. The first-order valence-corrected chi connectivity index (χ1v) is 3.43. The van der Waals surface area contributed by atoms with Gasteiger partial charge in [-0.05, 0) is 36.1 Å². The fraction of sp³-hybridized carbons (Fsp3) is 0.250. The molecule has 0 atom stereocenters. The van der Waals surface area contributed by atoms with E-state index in [4.69, 9.17) is 11.6 Å². The molecule has 0 saturated heterocycles. The number of halogens is 1. The van der Waals surface area contributed by atoms with Gasteiger partial charge < -0.3 is 0 Å². The monoisotopic (exact) mass is 137 g/mol. The minimum Gasteiger partial charge on any atom is -0.0840 e. The highest BCUT2D eigenvalue weighted by Gasteiger charge is 2.14. The number of aryl methyl sites for hydroxylation is 1. The van der Waals surface area contributed by atoms with Gasteiger partial charge in [0.05, 0.1) is 0 Å². The van der Waals surface area contributed by atoms with Crippen LogP contribution in [0.15, 0.2) is 12.1 Å². The van der Waals surface area contributed by atoms with Crippen molar-refractivity contribution >= 4 is 11.6 Å². The van der Waals surface area contributed by atoms with E-state index in [1.807, 2.05) is 12.1 Å². The molecule has 0 unspecified atom stereocenters. The molecule has 1 aromatic carbocycles. The highest BCUT2D eigenvalue weighted by molar-refractivity contribution is 6.31. The van der Waals surface area contributed by atoms with Crippen molar-refractivity contribution in [1.82, 2.24) is 0 Å². The van der Waals surface area contributed by atoms with Crippen molar-refractivity contribution in [2.24, 2.45) is 0 Å². The van der Waals surface area contributed by atoms with Crippen LogP contribution in [0.5, 0.6) is 0 Å². The Morgan fingerprint density at radius 3 is 2.78 bits per heavy atom. The van der Waals surface area contributed by atoms with Crippen LogP contribution in [0.4, 0.5) is 0 Å². The number of benzene rings is 1. The lowest BCUT2D eigenvalue weighted by Crippen LogP contribution is -2.08. The number of hydrogen-bond donors (Lipinski definition) is 0. The average molecular weight is 138 g/mol. The third kappa shape index (κ3) is 0.665. The molecule has 0 saturated carbocycles. The zero-order valence-electron chi connectivity index (χ0n) is 4.95. The molecule has 1 radical (unpaired) electrons.